The molecule has 3 rings (SSSR count). The molecule has 1 aliphatic rings. The summed E-state index contributed by atoms with van der Waals surface area (Å²) in [6, 6.07) is 9.64. The molecule has 1 aromatic heterocycles. The maximum absolute atomic E-state index is 9.32. The van der Waals surface area contributed by atoms with Crippen LogP contribution in [0.25, 0.3) is 11.5 Å². The predicted octanol–water partition coefficient (Wildman–Crippen LogP) is 2.91. The Balaban J connectivity index is 1.66. The first kappa shape index (κ1) is 17.7. The molecule has 132 valence electrons. The lowest BCUT2D eigenvalue weighted by atomic mass is 10.2. The zero-order chi connectivity index (χ0) is 17.8. The average Bonchev–Trinajstić information content (AvgIpc) is 3.04. The summed E-state index contributed by atoms with van der Waals surface area (Å²) >= 11 is 5.91. The van der Waals surface area contributed by atoms with Crippen molar-refractivity contribution < 1.29 is 4.42 Å². The van der Waals surface area contributed by atoms with E-state index in [2.05, 4.69) is 40.1 Å². The highest BCUT2D eigenvalue weighted by molar-refractivity contribution is 6.30. The fraction of sp³-hybridized carbons (Fsp3) is 0.444. The number of likely N-dealkylation sites (N-methyl/N-ethyl adjacent to an activating group) is 1. The molecule has 0 radical (unpaired) electrons. The fourth-order valence-corrected chi connectivity index (χ4v) is 2.99. The number of anilines is 1. The van der Waals surface area contributed by atoms with Gasteiger partial charge in [0.2, 0.25) is 17.5 Å². The summed E-state index contributed by atoms with van der Waals surface area (Å²) in [7, 11) is 2.15. The third-order valence-electron chi connectivity index (χ3n) is 4.54. The first-order valence-corrected chi connectivity index (χ1v) is 8.78. The lowest BCUT2D eigenvalue weighted by molar-refractivity contribution is 0.123. The van der Waals surface area contributed by atoms with Gasteiger partial charge in [-0.25, -0.2) is 0 Å². The number of benzene rings is 1. The minimum atomic E-state index is 0.274. The van der Waals surface area contributed by atoms with E-state index in [1.807, 2.05) is 12.1 Å². The number of piperazine rings is 1. The van der Waals surface area contributed by atoms with Crippen molar-refractivity contribution in [1.29, 1.82) is 5.26 Å². The van der Waals surface area contributed by atoms with E-state index in [0.29, 0.717) is 29.4 Å². The second kappa shape index (κ2) is 7.87. The fourth-order valence-electron chi connectivity index (χ4n) is 2.86. The van der Waals surface area contributed by atoms with E-state index in [1.54, 1.807) is 12.1 Å². The molecule has 0 aliphatic carbocycles. The SMILES string of the molecule is CC(CNc1oc(-c2ccc(Cl)cc2)nc1C#N)N1CCN(C)CC1. The number of nitriles is 1. The molecule has 6 nitrogen and oxygen atoms in total. The van der Waals surface area contributed by atoms with Gasteiger partial charge in [0.15, 0.2) is 0 Å². The standard InChI is InChI=1S/C18H22ClN5O/c1-13(24-9-7-23(2)8-10-24)12-21-18-16(11-20)22-17(25-18)14-3-5-15(19)6-4-14/h3-6,13,21H,7-10,12H2,1-2H3. The Kier molecular flexibility index (Phi) is 5.59. The molecule has 0 bridgehead atoms. The Hall–Kier alpha value is -2.07. The normalized spacial score (nSPS) is 17.2. The maximum atomic E-state index is 9.32. The Morgan fingerprint density at radius 3 is 2.60 bits per heavy atom. The van der Waals surface area contributed by atoms with Crippen molar-refractivity contribution in [2.24, 2.45) is 0 Å². The van der Waals surface area contributed by atoms with E-state index >= 15 is 0 Å². The number of hydrogen-bond acceptors (Lipinski definition) is 6. The number of nitrogens with zero attached hydrogens (tertiary/aromatic N) is 4. The Bertz CT molecular complexity index is 744. The second-order valence-electron chi connectivity index (χ2n) is 6.38. The number of rotatable bonds is 5. The van der Waals surface area contributed by atoms with Crippen LogP contribution in [0, 0.1) is 11.3 Å². The van der Waals surface area contributed by atoms with Crippen LogP contribution < -0.4 is 5.32 Å². The lowest BCUT2D eigenvalue weighted by Gasteiger charge is -2.36. The minimum absolute atomic E-state index is 0.274. The zero-order valence-electron chi connectivity index (χ0n) is 14.5. The van der Waals surface area contributed by atoms with Gasteiger partial charge in [-0.1, -0.05) is 11.6 Å². The summed E-state index contributed by atoms with van der Waals surface area (Å²) in [4.78, 5) is 9.05. The summed E-state index contributed by atoms with van der Waals surface area (Å²) in [6.45, 7) is 7.15. The highest BCUT2D eigenvalue weighted by atomic mass is 35.5. The summed E-state index contributed by atoms with van der Waals surface area (Å²) in [6.07, 6.45) is 0. The number of aromatic nitrogens is 1. The summed E-state index contributed by atoms with van der Waals surface area (Å²) in [5.74, 6) is 0.844. The van der Waals surface area contributed by atoms with Crippen LogP contribution in [-0.2, 0) is 0 Å². The smallest absolute Gasteiger partial charge is 0.232 e. The van der Waals surface area contributed by atoms with E-state index < -0.39 is 0 Å². The van der Waals surface area contributed by atoms with Crippen LogP contribution in [0.5, 0.6) is 0 Å². The van der Waals surface area contributed by atoms with Crippen LogP contribution in [0.15, 0.2) is 28.7 Å². The van der Waals surface area contributed by atoms with Crippen molar-refractivity contribution in [1.82, 2.24) is 14.8 Å². The van der Waals surface area contributed by atoms with Crippen molar-refractivity contribution in [3.63, 3.8) is 0 Å². The van der Waals surface area contributed by atoms with Crippen molar-refractivity contribution in [3.05, 3.63) is 35.0 Å². The molecule has 1 unspecified atom stereocenters. The van der Waals surface area contributed by atoms with Gasteiger partial charge in [0.1, 0.15) is 6.07 Å². The molecule has 0 amide bonds. The van der Waals surface area contributed by atoms with E-state index in [9.17, 15) is 5.26 Å². The molecule has 1 atom stereocenters. The molecular formula is C18H22ClN5O. The molecule has 1 fully saturated rings. The topological polar surface area (TPSA) is 68.3 Å². The molecule has 0 saturated carbocycles. The molecule has 2 aromatic rings. The van der Waals surface area contributed by atoms with Gasteiger partial charge in [0.05, 0.1) is 0 Å². The molecule has 2 heterocycles. The first-order valence-electron chi connectivity index (χ1n) is 8.40. The van der Waals surface area contributed by atoms with Crippen molar-refractivity contribution in [3.8, 4) is 17.5 Å². The van der Waals surface area contributed by atoms with Gasteiger partial charge < -0.3 is 14.6 Å². The summed E-state index contributed by atoms with van der Waals surface area (Å²) in [5.41, 5.74) is 1.07. The number of nitrogens with one attached hydrogen (secondary N) is 1. The van der Waals surface area contributed by atoms with Gasteiger partial charge in [-0.15, -0.1) is 0 Å². The number of halogens is 1. The zero-order valence-corrected chi connectivity index (χ0v) is 15.3. The minimum Gasteiger partial charge on any atom is -0.419 e. The lowest BCUT2D eigenvalue weighted by Crippen LogP contribution is -2.49. The van der Waals surface area contributed by atoms with Gasteiger partial charge in [0, 0.05) is 49.4 Å². The summed E-state index contributed by atoms with van der Waals surface area (Å²) < 4.78 is 5.77. The van der Waals surface area contributed by atoms with Crippen molar-refractivity contribution in [2.45, 2.75) is 13.0 Å². The molecular weight excluding hydrogens is 338 g/mol. The molecule has 1 N–H and O–H groups in total. The molecule has 1 aromatic carbocycles. The third kappa shape index (κ3) is 4.31. The quantitative estimate of drug-likeness (QED) is 0.885. The average molecular weight is 360 g/mol. The molecule has 7 heteroatoms. The van der Waals surface area contributed by atoms with Gasteiger partial charge >= 0.3 is 0 Å². The van der Waals surface area contributed by atoms with Crippen LogP contribution in [0.4, 0.5) is 5.88 Å². The molecule has 25 heavy (non-hydrogen) atoms. The monoisotopic (exact) mass is 359 g/mol. The van der Waals surface area contributed by atoms with E-state index in [-0.39, 0.29) is 5.69 Å². The van der Waals surface area contributed by atoms with Gasteiger partial charge in [0.25, 0.3) is 0 Å². The molecule has 0 spiro atoms. The van der Waals surface area contributed by atoms with E-state index in [0.717, 1.165) is 31.7 Å². The van der Waals surface area contributed by atoms with Crippen LogP contribution in [-0.4, -0.2) is 60.6 Å². The highest BCUT2D eigenvalue weighted by Gasteiger charge is 2.20. The van der Waals surface area contributed by atoms with E-state index in [1.165, 1.54) is 0 Å². The van der Waals surface area contributed by atoms with E-state index in [4.69, 9.17) is 16.0 Å². The van der Waals surface area contributed by atoms with Crippen LogP contribution in [0.3, 0.4) is 0 Å². The Labute approximate surface area is 153 Å². The van der Waals surface area contributed by atoms with Crippen molar-refractivity contribution in [2.75, 3.05) is 45.1 Å². The van der Waals surface area contributed by atoms with Gasteiger partial charge in [-0.05, 0) is 38.2 Å². The maximum Gasteiger partial charge on any atom is 0.232 e. The first-order chi connectivity index (χ1) is 12.1. The van der Waals surface area contributed by atoms with Gasteiger partial charge in [-0.2, -0.15) is 10.2 Å². The van der Waals surface area contributed by atoms with Crippen LogP contribution in [0.1, 0.15) is 12.6 Å². The Morgan fingerprint density at radius 1 is 1.28 bits per heavy atom. The highest BCUT2D eigenvalue weighted by Crippen LogP contribution is 2.26. The number of oxazole rings is 1. The Morgan fingerprint density at radius 2 is 1.96 bits per heavy atom. The second-order valence-corrected chi connectivity index (χ2v) is 6.82. The molecule has 1 saturated heterocycles. The number of hydrogen-bond donors (Lipinski definition) is 1. The van der Waals surface area contributed by atoms with Gasteiger partial charge in [-0.3, -0.25) is 4.90 Å². The summed E-state index contributed by atoms with van der Waals surface area (Å²) in [5, 5.41) is 13.2. The molecule has 1 aliphatic heterocycles. The predicted molar refractivity (Wildman–Crippen MR) is 98.7 cm³/mol. The van der Waals surface area contributed by atoms with Crippen molar-refractivity contribution >= 4 is 17.5 Å². The third-order valence-corrected chi connectivity index (χ3v) is 4.80. The van der Waals surface area contributed by atoms with Crippen LogP contribution in [0.2, 0.25) is 5.02 Å². The van der Waals surface area contributed by atoms with Crippen LogP contribution >= 0.6 is 11.6 Å². The largest absolute Gasteiger partial charge is 0.419 e.